The number of methoxy groups -OCH3 is 2. The van der Waals surface area contributed by atoms with Crippen LogP contribution in [0, 0.1) is 5.82 Å². The van der Waals surface area contributed by atoms with Gasteiger partial charge in [0.05, 0.1) is 26.5 Å². The number of benzene rings is 2. The van der Waals surface area contributed by atoms with Crippen LogP contribution in [0.3, 0.4) is 0 Å². The first-order valence-electron chi connectivity index (χ1n) is 9.49. The molecule has 0 atom stereocenters. The molecule has 0 fully saturated rings. The highest BCUT2D eigenvalue weighted by molar-refractivity contribution is 6.05. The topological polar surface area (TPSA) is 77.5 Å². The molecule has 2 aromatic rings. The molecule has 1 heterocycles. The highest BCUT2D eigenvalue weighted by atomic mass is 19.1. The molecule has 2 aromatic carbocycles. The number of H-pyrrole nitrogens is 1. The van der Waals surface area contributed by atoms with Crippen LogP contribution < -0.4 is 14.8 Å². The zero-order chi connectivity index (χ0) is 21.3. The Morgan fingerprint density at radius 1 is 1.13 bits per heavy atom. The van der Waals surface area contributed by atoms with Crippen molar-refractivity contribution in [3.05, 3.63) is 48.3 Å². The van der Waals surface area contributed by atoms with Crippen molar-refractivity contribution < 1.29 is 23.4 Å². The Kier molecular flexibility index (Phi) is 5.22. The highest BCUT2D eigenvalue weighted by Crippen LogP contribution is 2.43. The van der Waals surface area contributed by atoms with E-state index in [2.05, 4.69) is 10.4 Å². The number of aromatic amines is 1. The standard InChI is InChI=1S/C22H22FN3O4/c1-4-30-20(27)12-26-22(24-15-7-5-6-14(23)10-15)17-8-13-9-18(28-2)19(29-3)11-16(13)21(17)25-26/h5-11,24-25H,4,12H2,1-3H3. The number of nitrogens with one attached hydrogen (secondary N) is 2. The summed E-state index contributed by atoms with van der Waals surface area (Å²) in [6, 6.07) is 11.9. The maximum atomic E-state index is 13.7. The lowest BCUT2D eigenvalue weighted by Crippen LogP contribution is -2.16. The second-order valence-corrected chi connectivity index (χ2v) is 6.71. The van der Waals surface area contributed by atoms with E-state index in [4.69, 9.17) is 14.2 Å². The number of nitrogens with zero attached hydrogens (tertiary/aromatic N) is 1. The van der Waals surface area contributed by atoms with E-state index in [1.165, 1.54) is 12.1 Å². The summed E-state index contributed by atoms with van der Waals surface area (Å²) in [5, 5.41) is 8.34. The van der Waals surface area contributed by atoms with Gasteiger partial charge in [0.1, 0.15) is 18.2 Å². The molecule has 4 rings (SSSR count). The minimum Gasteiger partial charge on any atom is -0.493 e. The number of aromatic nitrogens is 2. The Hall–Kier alpha value is -3.68. The third-order valence-corrected chi connectivity index (χ3v) is 4.85. The fourth-order valence-electron chi connectivity index (χ4n) is 3.54. The summed E-state index contributed by atoms with van der Waals surface area (Å²) < 4.78 is 31.3. The largest absolute Gasteiger partial charge is 0.493 e. The van der Waals surface area contributed by atoms with Crippen molar-refractivity contribution in [2.24, 2.45) is 0 Å². The van der Waals surface area contributed by atoms with Gasteiger partial charge in [-0.25, -0.2) is 4.39 Å². The van der Waals surface area contributed by atoms with Crippen LogP contribution in [-0.2, 0) is 16.1 Å². The number of ether oxygens (including phenoxy) is 3. The third-order valence-electron chi connectivity index (χ3n) is 4.85. The molecular weight excluding hydrogens is 389 g/mol. The molecule has 0 radical (unpaired) electrons. The van der Waals surface area contributed by atoms with Crippen molar-refractivity contribution in [2.45, 2.75) is 13.5 Å². The molecule has 0 spiro atoms. The molecule has 8 heteroatoms. The van der Waals surface area contributed by atoms with Crippen LogP contribution in [0.2, 0.25) is 0 Å². The van der Waals surface area contributed by atoms with Gasteiger partial charge < -0.3 is 19.5 Å². The smallest absolute Gasteiger partial charge is 0.327 e. The number of rotatable bonds is 7. The van der Waals surface area contributed by atoms with Gasteiger partial charge in [0.25, 0.3) is 0 Å². The van der Waals surface area contributed by atoms with Crippen LogP contribution >= 0.6 is 0 Å². The fraction of sp³-hybridized carbons (Fsp3) is 0.227. The molecule has 1 aliphatic carbocycles. The van der Waals surface area contributed by atoms with Gasteiger partial charge in [0, 0.05) is 16.6 Å². The summed E-state index contributed by atoms with van der Waals surface area (Å²) in [7, 11) is 3.17. The van der Waals surface area contributed by atoms with Gasteiger partial charge in [-0.1, -0.05) is 6.07 Å². The van der Waals surface area contributed by atoms with Crippen molar-refractivity contribution in [2.75, 3.05) is 26.1 Å². The van der Waals surface area contributed by atoms with Gasteiger partial charge in [0.15, 0.2) is 11.5 Å². The zero-order valence-electron chi connectivity index (χ0n) is 16.9. The molecule has 156 valence electrons. The van der Waals surface area contributed by atoms with E-state index in [1.807, 2.05) is 18.2 Å². The number of esters is 1. The van der Waals surface area contributed by atoms with E-state index < -0.39 is 0 Å². The Labute approximate surface area is 172 Å². The number of anilines is 2. The lowest BCUT2D eigenvalue weighted by atomic mass is 10.2. The number of hydrogen-bond donors (Lipinski definition) is 2. The summed E-state index contributed by atoms with van der Waals surface area (Å²) in [4.78, 5) is 12.1. The van der Waals surface area contributed by atoms with Crippen LogP contribution in [-0.4, -0.2) is 36.6 Å². The zero-order valence-corrected chi connectivity index (χ0v) is 16.9. The summed E-state index contributed by atoms with van der Waals surface area (Å²) >= 11 is 0. The van der Waals surface area contributed by atoms with Gasteiger partial charge in [-0.15, -0.1) is 0 Å². The number of hydrogen-bond acceptors (Lipinski definition) is 5. The van der Waals surface area contributed by atoms with Crippen molar-refractivity contribution in [1.82, 2.24) is 9.78 Å². The summed E-state index contributed by atoms with van der Waals surface area (Å²) in [6.45, 7) is 2.03. The van der Waals surface area contributed by atoms with E-state index in [9.17, 15) is 9.18 Å². The molecule has 0 unspecified atom stereocenters. The van der Waals surface area contributed by atoms with Gasteiger partial charge in [-0.2, -0.15) is 0 Å². The van der Waals surface area contributed by atoms with Gasteiger partial charge in [0.2, 0.25) is 0 Å². The van der Waals surface area contributed by atoms with Gasteiger partial charge in [-0.05, 0) is 48.7 Å². The van der Waals surface area contributed by atoms with Crippen LogP contribution in [0.4, 0.5) is 15.9 Å². The van der Waals surface area contributed by atoms with Crippen LogP contribution in [0.5, 0.6) is 11.5 Å². The Bertz CT molecular complexity index is 1180. The van der Waals surface area contributed by atoms with E-state index in [1.54, 1.807) is 38.0 Å². The maximum Gasteiger partial charge on any atom is 0.327 e. The first-order chi connectivity index (χ1) is 14.5. The summed E-state index contributed by atoms with van der Waals surface area (Å²) in [6.07, 6.45) is 0. The highest BCUT2D eigenvalue weighted by Gasteiger charge is 2.23. The molecule has 30 heavy (non-hydrogen) atoms. The Balaban J connectivity index is 1.85. The van der Waals surface area contributed by atoms with E-state index >= 15 is 0 Å². The first-order valence-corrected chi connectivity index (χ1v) is 9.49. The van der Waals surface area contributed by atoms with E-state index in [-0.39, 0.29) is 18.3 Å². The van der Waals surface area contributed by atoms with Gasteiger partial charge >= 0.3 is 5.97 Å². The quantitative estimate of drug-likeness (QED) is 0.437. The average Bonchev–Trinajstić information content (AvgIpc) is 3.23. The van der Waals surface area contributed by atoms with E-state index in [0.29, 0.717) is 29.6 Å². The molecule has 0 bridgehead atoms. The van der Waals surface area contributed by atoms with Crippen LogP contribution in [0.15, 0.2) is 42.5 Å². The minimum atomic E-state index is -0.378. The van der Waals surface area contributed by atoms with Crippen molar-refractivity contribution in [3.63, 3.8) is 0 Å². The average molecular weight is 411 g/mol. The molecule has 0 saturated heterocycles. The number of halogens is 1. The molecule has 2 aliphatic rings. The van der Waals surface area contributed by atoms with Crippen molar-refractivity contribution in [3.8, 4) is 22.8 Å². The minimum absolute atomic E-state index is 0.0189. The van der Waals surface area contributed by atoms with Crippen LogP contribution in [0.1, 0.15) is 6.92 Å². The molecule has 1 aliphatic heterocycles. The molecule has 7 nitrogen and oxygen atoms in total. The monoisotopic (exact) mass is 411 g/mol. The summed E-state index contributed by atoms with van der Waals surface area (Å²) in [5.41, 5.74) is 2.22. The van der Waals surface area contributed by atoms with E-state index in [0.717, 1.165) is 22.0 Å². The second-order valence-electron chi connectivity index (χ2n) is 6.71. The molecular formula is C22H22FN3O4. The van der Waals surface area contributed by atoms with Crippen molar-refractivity contribution in [1.29, 1.82) is 0 Å². The molecule has 0 saturated carbocycles. The predicted octanol–water partition coefficient (Wildman–Crippen LogP) is 4.54. The number of carbonyl (C=O) groups excluding carboxylic acids is 1. The summed E-state index contributed by atoms with van der Waals surface area (Å²) in [5.74, 6) is 1.11. The predicted molar refractivity (Wildman–Crippen MR) is 112 cm³/mol. The second kappa shape index (κ2) is 7.98. The Morgan fingerprint density at radius 3 is 2.60 bits per heavy atom. The molecule has 2 N–H and O–H groups in total. The SMILES string of the molecule is CCOC(=O)Cn1[nH]c2c3cc(OC)c(OC)cc3cc-2c1Nc1cccc(F)c1. The maximum absolute atomic E-state index is 13.7. The number of carbonyl (C=O) groups is 1. The normalized spacial score (nSPS) is 11.1. The number of fused-ring (bicyclic) bond motifs is 3. The fourth-order valence-corrected chi connectivity index (χ4v) is 3.54. The Morgan fingerprint density at radius 2 is 1.90 bits per heavy atom. The first kappa shape index (κ1) is 19.6. The molecule has 0 amide bonds. The van der Waals surface area contributed by atoms with Crippen LogP contribution in [0.25, 0.3) is 22.0 Å². The lowest BCUT2D eigenvalue weighted by molar-refractivity contribution is -0.143. The lowest BCUT2D eigenvalue weighted by Gasteiger charge is -2.11. The third kappa shape index (κ3) is 3.52. The molecule has 0 aromatic heterocycles. The van der Waals surface area contributed by atoms with Crippen molar-refractivity contribution >= 4 is 28.2 Å². The van der Waals surface area contributed by atoms with Gasteiger partial charge in [-0.3, -0.25) is 14.6 Å².